The number of fused-ring (bicyclic) bond motifs is 1. The molecule has 1 aromatic rings. The number of hydrogen-bond donors (Lipinski definition) is 0. The van der Waals surface area contributed by atoms with Crippen LogP contribution in [0.3, 0.4) is 0 Å². The average Bonchev–Trinajstić information content (AvgIpc) is 2.27. The normalized spacial score (nSPS) is 18.7. The van der Waals surface area contributed by atoms with Gasteiger partial charge in [-0.25, -0.2) is 0 Å². The Labute approximate surface area is 88.9 Å². The van der Waals surface area contributed by atoms with Crippen molar-refractivity contribution in [3.05, 3.63) is 34.2 Å². The van der Waals surface area contributed by atoms with E-state index in [1.807, 2.05) is 18.2 Å². The molecule has 1 aliphatic rings. The van der Waals surface area contributed by atoms with Crippen LogP contribution in [-0.4, -0.2) is 19.0 Å². The third-order valence-corrected chi connectivity index (χ3v) is 2.73. The second-order valence-corrected chi connectivity index (χ2v) is 3.78. The third kappa shape index (κ3) is 2.00. The van der Waals surface area contributed by atoms with Crippen molar-refractivity contribution in [1.29, 1.82) is 0 Å². The molecule has 0 saturated carbocycles. The summed E-state index contributed by atoms with van der Waals surface area (Å²) in [6.45, 7) is 1.59. The van der Waals surface area contributed by atoms with Crippen LogP contribution in [0.15, 0.2) is 18.2 Å². The molecule has 0 amide bonds. The molecule has 78 valence electrons. The molecule has 0 radical (unpaired) electrons. The minimum absolute atomic E-state index is 0.111. The number of rotatable bonds is 2. The van der Waals surface area contributed by atoms with Crippen LogP contribution < -0.4 is 10.4 Å². The summed E-state index contributed by atoms with van der Waals surface area (Å²) in [6.07, 6.45) is 5.26. The lowest BCUT2D eigenvalue weighted by atomic mass is 10.0. The molecular formula is C13H14O2. The highest BCUT2D eigenvalue weighted by molar-refractivity contribution is 5.94. The Balaban J connectivity index is 2.53. The van der Waals surface area contributed by atoms with Crippen LogP contribution in [0.2, 0.25) is 0 Å². The Morgan fingerprint density at radius 1 is 1.40 bits per heavy atom. The van der Waals surface area contributed by atoms with E-state index >= 15 is 0 Å². The predicted octanol–water partition coefficient (Wildman–Crippen LogP) is 0.869. The van der Waals surface area contributed by atoms with Gasteiger partial charge in [-0.3, -0.25) is 4.79 Å². The number of carbonyl (C=O) groups is 1. The lowest BCUT2D eigenvalue weighted by Gasteiger charge is -2.11. The Kier molecular flexibility index (Phi) is 2.69. The van der Waals surface area contributed by atoms with E-state index in [-0.39, 0.29) is 11.9 Å². The number of ketones is 1. The molecule has 0 aromatic heterocycles. The first-order valence-corrected chi connectivity index (χ1v) is 5.06. The molecule has 0 heterocycles. The van der Waals surface area contributed by atoms with Crippen molar-refractivity contribution >= 4 is 17.9 Å². The van der Waals surface area contributed by atoms with Gasteiger partial charge in [0.05, 0.1) is 6.10 Å². The largest absolute Gasteiger partial charge is 0.377 e. The minimum Gasteiger partial charge on any atom is -0.377 e. The number of carbonyl (C=O) groups excluding carboxylic acids is 1. The maximum Gasteiger partial charge on any atom is 0.159 e. The molecule has 2 nitrogen and oxygen atoms in total. The molecule has 0 spiro atoms. The van der Waals surface area contributed by atoms with Gasteiger partial charge < -0.3 is 4.74 Å². The zero-order valence-corrected chi connectivity index (χ0v) is 8.99. The second kappa shape index (κ2) is 3.99. The van der Waals surface area contributed by atoms with Gasteiger partial charge in [-0.05, 0) is 35.9 Å². The molecule has 1 aromatic carbocycles. The average molecular weight is 202 g/mol. The summed E-state index contributed by atoms with van der Waals surface area (Å²) in [5, 5.41) is 2.29. The first-order valence-electron chi connectivity index (χ1n) is 5.06. The molecule has 0 aliphatic heterocycles. The topological polar surface area (TPSA) is 26.3 Å². The number of Topliss-reactive ketones (excluding diaryl/α,β-unsaturated/α-hetero) is 1. The Morgan fingerprint density at radius 2 is 2.20 bits per heavy atom. The maximum atomic E-state index is 11.2. The Morgan fingerprint density at radius 3 is 2.87 bits per heavy atom. The van der Waals surface area contributed by atoms with Gasteiger partial charge in [-0.2, -0.15) is 0 Å². The van der Waals surface area contributed by atoms with Crippen molar-refractivity contribution in [2.24, 2.45) is 0 Å². The molecule has 0 saturated heterocycles. The second-order valence-electron chi connectivity index (χ2n) is 3.78. The summed E-state index contributed by atoms with van der Waals surface area (Å²) in [5.41, 5.74) is 0.772. The Bertz CT molecular complexity index is 500. The summed E-state index contributed by atoms with van der Waals surface area (Å²) in [6, 6.07) is 5.79. The number of methoxy groups -OCH3 is 1. The molecule has 1 aliphatic carbocycles. The summed E-state index contributed by atoms with van der Waals surface area (Å²) in [5.74, 6) is 0.111. The zero-order chi connectivity index (χ0) is 10.8. The zero-order valence-electron chi connectivity index (χ0n) is 8.99. The fourth-order valence-corrected chi connectivity index (χ4v) is 1.80. The highest BCUT2D eigenvalue weighted by atomic mass is 16.5. The van der Waals surface area contributed by atoms with Gasteiger partial charge >= 0.3 is 0 Å². The first kappa shape index (κ1) is 10.1. The molecule has 1 unspecified atom stereocenters. The molecule has 2 heteroatoms. The van der Waals surface area contributed by atoms with Gasteiger partial charge in [0.25, 0.3) is 0 Å². The summed E-state index contributed by atoms with van der Waals surface area (Å²) >= 11 is 0. The van der Waals surface area contributed by atoms with E-state index in [9.17, 15) is 4.79 Å². The van der Waals surface area contributed by atoms with E-state index in [1.54, 1.807) is 14.0 Å². The van der Waals surface area contributed by atoms with Crippen LogP contribution in [0, 0.1) is 0 Å². The van der Waals surface area contributed by atoms with Gasteiger partial charge in [0.1, 0.15) is 0 Å². The lowest BCUT2D eigenvalue weighted by Crippen LogP contribution is -2.31. The van der Waals surface area contributed by atoms with Crippen molar-refractivity contribution < 1.29 is 9.53 Å². The van der Waals surface area contributed by atoms with E-state index in [0.29, 0.717) is 0 Å². The van der Waals surface area contributed by atoms with E-state index in [0.717, 1.165) is 22.4 Å². The monoisotopic (exact) mass is 202 g/mol. The van der Waals surface area contributed by atoms with Crippen molar-refractivity contribution in [1.82, 2.24) is 0 Å². The highest BCUT2D eigenvalue weighted by Gasteiger charge is 2.06. The fourth-order valence-electron chi connectivity index (χ4n) is 1.80. The number of hydrogen-bond acceptors (Lipinski definition) is 2. The Hall–Kier alpha value is -1.41. The molecule has 15 heavy (non-hydrogen) atoms. The van der Waals surface area contributed by atoms with Crippen LogP contribution in [-0.2, 0) is 4.74 Å². The molecular weight excluding hydrogens is 188 g/mol. The summed E-state index contributed by atoms with van der Waals surface area (Å²) in [4.78, 5) is 11.2. The smallest absolute Gasteiger partial charge is 0.159 e. The van der Waals surface area contributed by atoms with Crippen LogP contribution in [0.4, 0.5) is 0 Å². The fraction of sp³-hybridized carbons (Fsp3) is 0.308. The number of benzene rings is 1. The molecule has 0 bridgehead atoms. The van der Waals surface area contributed by atoms with E-state index in [4.69, 9.17) is 4.74 Å². The lowest BCUT2D eigenvalue weighted by molar-refractivity contribution is 0.101. The van der Waals surface area contributed by atoms with Crippen molar-refractivity contribution in [3.63, 3.8) is 0 Å². The predicted molar refractivity (Wildman–Crippen MR) is 60.0 cm³/mol. The molecule has 0 fully saturated rings. The molecule has 1 atom stereocenters. The molecule has 0 N–H and O–H groups in total. The summed E-state index contributed by atoms with van der Waals surface area (Å²) in [7, 11) is 1.71. The van der Waals surface area contributed by atoms with Crippen molar-refractivity contribution in [2.45, 2.75) is 19.4 Å². The standard InChI is InChI=1S/C13H14O2/c1-9(14)10-3-4-12-8-13(15-2)6-5-11(12)7-10/h3-5,7-8,13H,6H2,1-2H3. The number of ether oxygens (including phenoxy) is 1. The van der Waals surface area contributed by atoms with Crippen molar-refractivity contribution in [3.8, 4) is 0 Å². The quantitative estimate of drug-likeness (QED) is 0.665. The van der Waals surface area contributed by atoms with Crippen LogP contribution in [0.5, 0.6) is 0 Å². The summed E-state index contributed by atoms with van der Waals surface area (Å²) < 4.78 is 5.27. The van der Waals surface area contributed by atoms with Gasteiger partial charge in [0.2, 0.25) is 0 Å². The third-order valence-electron chi connectivity index (χ3n) is 2.73. The van der Waals surface area contributed by atoms with Crippen LogP contribution in [0.25, 0.3) is 12.2 Å². The van der Waals surface area contributed by atoms with Gasteiger partial charge in [-0.1, -0.05) is 18.2 Å². The SMILES string of the molecule is COC1C=c2ccc(C(C)=O)cc2=CC1. The van der Waals surface area contributed by atoms with Gasteiger partial charge in [0.15, 0.2) is 5.78 Å². The van der Waals surface area contributed by atoms with Crippen LogP contribution in [0.1, 0.15) is 23.7 Å². The first-order chi connectivity index (χ1) is 7.20. The van der Waals surface area contributed by atoms with E-state index < -0.39 is 0 Å². The van der Waals surface area contributed by atoms with Gasteiger partial charge in [-0.15, -0.1) is 0 Å². The maximum absolute atomic E-state index is 11.2. The van der Waals surface area contributed by atoms with Gasteiger partial charge in [0, 0.05) is 12.7 Å². The molecule has 2 rings (SSSR count). The van der Waals surface area contributed by atoms with E-state index in [1.165, 1.54) is 0 Å². The van der Waals surface area contributed by atoms with Crippen LogP contribution >= 0.6 is 0 Å². The highest BCUT2D eigenvalue weighted by Crippen LogP contribution is 2.03. The van der Waals surface area contributed by atoms with E-state index in [2.05, 4.69) is 12.2 Å². The van der Waals surface area contributed by atoms with Crippen molar-refractivity contribution in [2.75, 3.05) is 7.11 Å². The minimum atomic E-state index is 0.111.